The van der Waals surface area contributed by atoms with E-state index >= 15 is 4.79 Å². The SMILES string of the molecule is CC(=O)O[C@@H]1[C@H](OC(C)=O)[C@H](C)O[C@H](CN(C[C@H]2O[C@@H](C)[C@@H](OC(C)=O)[C@@H](OC(C)=O)[C@@H]2OC(C)=O)C(=O)N(C[C@H]2O[C@@H](C)[C@@H](OC(C)=O)[C@@H](OC(C)=O)[C@@H]2OC(C)=O)C[C@H]2O[C@@H](C)[C@@H](OC(C)=O)[C@@H](OC(C)=O)[C@@H]2OC(C)=O)[C@H]1OC(C)=O. The lowest BCUT2D eigenvalue weighted by Crippen LogP contribution is -2.67. The summed E-state index contributed by atoms with van der Waals surface area (Å²) < 4.78 is 93.5. The molecule has 4 aliphatic heterocycles. The fourth-order valence-electron chi connectivity index (χ4n) is 10.6. The van der Waals surface area contributed by atoms with E-state index in [2.05, 4.69) is 0 Å². The van der Waals surface area contributed by atoms with Crippen molar-refractivity contribution in [2.45, 2.75) is 233 Å². The number of esters is 12. The van der Waals surface area contributed by atoms with Gasteiger partial charge in [-0.25, -0.2) is 4.79 Å². The van der Waals surface area contributed by atoms with Crippen molar-refractivity contribution in [1.82, 2.24) is 9.80 Å². The lowest BCUT2D eigenvalue weighted by Gasteiger charge is -2.49. The molecule has 0 saturated carbocycles. The monoisotopic (exact) mass is 1200 g/mol. The molecule has 0 aromatic carbocycles. The van der Waals surface area contributed by atoms with Crippen molar-refractivity contribution in [2.24, 2.45) is 0 Å². The molecular weight excluding hydrogens is 1130 g/mol. The van der Waals surface area contributed by atoms with Crippen LogP contribution in [0.3, 0.4) is 0 Å². The number of urea groups is 1. The van der Waals surface area contributed by atoms with E-state index in [-0.39, 0.29) is 0 Å². The zero-order valence-electron chi connectivity index (χ0n) is 49.6. The Morgan fingerprint density at radius 3 is 0.512 bits per heavy atom. The molecule has 4 rings (SSSR count). The van der Waals surface area contributed by atoms with Crippen molar-refractivity contribution < 1.29 is 138 Å². The number of hydrogen-bond donors (Lipinski definition) is 0. The van der Waals surface area contributed by atoms with Gasteiger partial charge in [-0.2, -0.15) is 0 Å². The molecule has 0 spiro atoms. The van der Waals surface area contributed by atoms with Gasteiger partial charge in [0.05, 0.1) is 50.6 Å². The van der Waals surface area contributed by atoms with E-state index in [1.165, 1.54) is 27.7 Å². The highest BCUT2D eigenvalue weighted by Gasteiger charge is 2.57. The fraction of sp³-hybridized carbons (Fsp3) is 0.755. The Kier molecular flexibility index (Phi) is 25.2. The first-order valence-corrected chi connectivity index (χ1v) is 26.8. The van der Waals surface area contributed by atoms with E-state index in [1.54, 1.807) is 0 Å². The summed E-state index contributed by atoms with van der Waals surface area (Å²) in [4.78, 5) is 172. The molecule has 4 fully saturated rings. The molecule has 20 atom stereocenters. The fourth-order valence-corrected chi connectivity index (χ4v) is 10.6. The molecule has 4 aliphatic rings. The van der Waals surface area contributed by atoms with Gasteiger partial charge in [0.25, 0.3) is 0 Å². The third-order valence-electron chi connectivity index (χ3n) is 13.2. The molecule has 2 amide bonds. The number of carbonyl (C=O) groups excluding carboxylic acids is 13. The zero-order valence-corrected chi connectivity index (χ0v) is 49.6. The van der Waals surface area contributed by atoms with Crippen LogP contribution in [0, 0.1) is 0 Å². The van der Waals surface area contributed by atoms with Gasteiger partial charge >= 0.3 is 77.7 Å². The van der Waals surface area contributed by atoms with Crippen LogP contribution in [-0.2, 0) is 133 Å². The summed E-state index contributed by atoms with van der Waals surface area (Å²) in [6, 6.07) is -1.17. The molecule has 31 heteroatoms. The number of carbonyl (C=O) groups is 13. The molecule has 472 valence electrons. The van der Waals surface area contributed by atoms with E-state index in [9.17, 15) is 57.5 Å². The average molecular weight is 1210 g/mol. The molecule has 0 N–H and O–H groups in total. The molecule has 0 aromatic rings. The quantitative estimate of drug-likeness (QED) is 0.115. The van der Waals surface area contributed by atoms with Gasteiger partial charge in [-0.05, 0) is 27.7 Å². The van der Waals surface area contributed by atoms with Crippen LogP contribution >= 0.6 is 0 Å². The summed E-state index contributed by atoms with van der Waals surface area (Å²) in [6.07, 6.45) is -30.6. The number of rotatable bonds is 20. The van der Waals surface area contributed by atoms with Crippen LogP contribution in [0.1, 0.15) is 111 Å². The lowest BCUT2D eigenvalue weighted by atomic mass is 9.92. The Balaban J connectivity index is 2.12. The summed E-state index contributed by atoms with van der Waals surface area (Å²) in [5.41, 5.74) is 0. The number of hydrogen-bond acceptors (Lipinski definition) is 29. The molecule has 0 bridgehead atoms. The molecule has 4 heterocycles. The average Bonchev–Trinajstić information content (AvgIpc) is 1.16. The van der Waals surface area contributed by atoms with Crippen LogP contribution in [0.4, 0.5) is 4.79 Å². The first kappa shape index (κ1) is 69.2. The molecule has 84 heavy (non-hydrogen) atoms. The van der Waals surface area contributed by atoms with Crippen molar-refractivity contribution in [1.29, 1.82) is 0 Å². The standard InChI is InChI=1S/C53H76N2O29/c1-21-41(73-25(5)56)49(81-33(13)64)45(77-29(9)60)37(69-21)17-54(18-38-46(78-30(10)61)50(82-34(14)65)42(22(2)70-38)74-26(6)57)53(68)55(19-39-47(79-31(11)62)51(83-35(15)66)43(23(3)71-39)75-27(7)58)20-40-48(80-32(12)63)52(84-36(16)67)44(24(4)72-40)76-28(8)59/h21-24,37-52H,17-20H2,1-16H3/t21-,22-,23-,24-,37+,38+,39+,40+,41+,42+,43+,44+,45+,46+,47+,48+,49+,50+,51+,52+/m0/s1. The van der Waals surface area contributed by atoms with Crippen LogP contribution in [0.15, 0.2) is 0 Å². The lowest BCUT2D eigenvalue weighted by molar-refractivity contribution is -0.253. The Hall–Kier alpha value is -7.25. The minimum Gasteiger partial charge on any atom is -0.456 e. The summed E-state index contributed by atoms with van der Waals surface area (Å²) >= 11 is 0. The van der Waals surface area contributed by atoms with E-state index in [0.717, 1.165) is 92.9 Å². The Morgan fingerprint density at radius 1 is 0.238 bits per heavy atom. The van der Waals surface area contributed by atoms with Gasteiger partial charge in [0.15, 0.2) is 73.2 Å². The number of amides is 2. The predicted molar refractivity (Wildman–Crippen MR) is 273 cm³/mol. The summed E-state index contributed by atoms with van der Waals surface area (Å²) in [5, 5.41) is 0. The Morgan fingerprint density at radius 2 is 0.369 bits per heavy atom. The van der Waals surface area contributed by atoms with Gasteiger partial charge in [-0.15, -0.1) is 0 Å². The topological polar surface area (TPSA) is 376 Å². The second-order valence-electron chi connectivity index (χ2n) is 20.5. The van der Waals surface area contributed by atoms with Crippen molar-refractivity contribution in [3.8, 4) is 0 Å². The van der Waals surface area contributed by atoms with Crippen LogP contribution in [0.5, 0.6) is 0 Å². The maximum Gasteiger partial charge on any atom is 0.320 e. The van der Waals surface area contributed by atoms with Gasteiger partial charge in [0.2, 0.25) is 0 Å². The first-order valence-electron chi connectivity index (χ1n) is 26.8. The first-order chi connectivity index (χ1) is 39.1. The summed E-state index contributed by atoms with van der Waals surface area (Å²) in [6.45, 7) is 14.8. The van der Waals surface area contributed by atoms with Gasteiger partial charge in [-0.3, -0.25) is 57.5 Å². The normalized spacial score (nSPS) is 32.7. The van der Waals surface area contributed by atoms with Gasteiger partial charge in [-0.1, -0.05) is 0 Å². The summed E-state index contributed by atoms with van der Waals surface area (Å²) in [7, 11) is 0. The highest BCUT2D eigenvalue weighted by Crippen LogP contribution is 2.36. The smallest absolute Gasteiger partial charge is 0.320 e. The Bertz CT molecular complexity index is 2130. The highest BCUT2D eigenvalue weighted by atomic mass is 16.7. The van der Waals surface area contributed by atoms with Crippen molar-refractivity contribution in [3.63, 3.8) is 0 Å². The van der Waals surface area contributed by atoms with E-state index in [1.807, 2.05) is 0 Å². The maximum absolute atomic E-state index is 16.4. The van der Waals surface area contributed by atoms with Gasteiger partial charge in [0.1, 0.15) is 24.4 Å². The maximum atomic E-state index is 16.4. The molecule has 0 unspecified atom stereocenters. The van der Waals surface area contributed by atoms with Crippen LogP contribution in [0.2, 0.25) is 0 Å². The van der Waals surface area contributed by atoms with Crippen LogP contribution in [0.25, 0.3) is 0 Å². The second-order valence-corrected chi connectivity index (χ2v) is 20.5. The molecule has 31 nitrogen and oxygen atoms in total. The number of nitrogens with zero attached hydrogens (tertiary/aromatic N) is 2. The van der Waals surface area contributed by atoms with E-state index in [4.69, 9.17) is 75.8 Å². The molecule has 0 aliphatic carbocycles. The van der Waals surface area contributed by atoms with Gasteiger partial charge in [0, 0.05) is 83.1 Å². The van der Waals surface area contributed by atoms with E-state index < -0.39 is 226 Å². The second kappa shape index (κ2) is 30.5. The van der Waals surface area contributed by atoms with Crippen molar-refractivity contribution >= 4 is 77.7 Å². The number of ether oxygens (including phenoxy) is 16. The summed E-state index contributed by atoms with van der Waals surface area (Å²) in [5.74, 6) is -11.1. The van der Waals surface area contributed by atoms with E-state index in [0.29, 0.717) is 0 Å². The largest absolute Gasteiger partial charge is 0.456 e. The molecule has 0 radical (unpaired) electrons. The van der Waals surface area contributed by atoms with Crippen LogP contribution in [-0.4, -0.2) is 236 Å². The van der Waals surface area contributed by atoms with Crippen molar-refractivity contribution in [3.05, 3.63) is 0 Å². The molecule has 4 saturated heterocycles. The third kappa shape index (κ3) is 19.4. The molecular formula is C53H76N2O29. The van der Waals surface area contributed by atoms with Gasteiger partial charge < -0.3 is 85.6 Å². The zero-order chi connectivity index (χ0) is 63.3. The third-order valence-corrected chi connectivity index (χ3v) is 13.2. The minimum atomic E-state index is -1.73. The predicted octanol–water partition coefficient (Wildman–Crippen LogP) is 0.0400. The van der Waals surface area contributed by atoms with Crippen molar-refractivity contribution in [2.75, 3.05) is 26.2 Å². The minimum absolute atomic E-state index is 0.783. The van der Waals surface area contributed by atoms with Crippen LogP contribution < -0.4 is 0 Å². The Labute approximate surface area is 483 Å². The highest BCUT2D eigenvalue weighted by molar-refractivity contribution is 5.76. The molecule has 0 aromatic heterocycles.